The molecule has 13 heteroatoms. The molecule has 1 aromatic rings. The van der Waals surface area contributed by atoms with Gasteiger partial charge in [0.2, 0.25) is 9.70 Å². The number of rotatable bonds is 6. The van der Waals surface area contributed by atoms with Crippen LogP contribution in [-0.2, 0) is 4.79 Å². The number of nitrogens with one attached hydrogen (secondary N) is 3. The summed E-state index contributed by atoms with van der Waals surface area (Å²) in [6.07, 6.45) is -1.20. The Hall–Kier alpha value is -1.26. The van der Waals surface area contributed by atoms with E-state index in [1.165, 1.54) is 25.3 Å². The van der Waals surface area contributed by atoms with Crippen LogP contribution < -0.4 is 20.7 Å². The number of carbonyl (C=O) groups is 1. The maximum Gasteiger partial charge on any atom is 0.271 e. The lowest BCUT2D eigenvalue weighted by atomic mass is 10.2. The fourth-order valence-electron chi connectivity index (χ4n) is 1.60. The van der Waals surface area contributed by atoms with Crippen molar-refractivity contribution in [2.45, 2.75) is 9.96 Å². The molecule has 1 aromatic carbocycles. The first kappa shape index (κ1) is 21.8. The predicted molar refractivity (Wildman–Crippen MR) is 102 cm³/mol. The molecule has 25 heavy (non-hydrogen) atoms. The number of thiocarbonyl (C=S) groups is 1. The monoisotopic (exact) mass is 448 g/mol. The van der Waals surface area contributed by atoms with Gasteiger partial charge in [0, 0.05) is 12.1 Å². The zero-order valence-corrected chi connectivity index (χ0v) is 16.4. The van der Waals surface area contributed by atoms with E-state index in [4.69, 9.17) is 63.4 Å². The molecule has 0 spiro atoms. The molecule has 1 atom stereocenters. The highest BCUT2D eigenvalue weighted by Crippen LogP contribution is 2.30. The quantitative estimate of drug-likeness (QED) is 0.201. The summed E-state index contributed by atoms with van der Waals surface area (Å²) in [4.78, 5) is 21.7. The molecule has 0 fully saturated rings. The number of ether oxygens (including phenoxy) is 1. The molecule has 0 bridgehead atoms. The second-order valence-corrected chi connectivity index (χ2v) is 7.46. The molecule has 0 aromatic heterocycles. The molecule has 0 unspecified atom stereocenters. The lowest BCUT2D eigenvalue weighted by Gasteiger charge is -2.27. The maximum atomic E-state index is 11.4. The number of methoxy groups -OCH3 is 1. The van der Waals surface area contributed by atoms with E-state index in [0.717, 1.165) is 0 Å². The SMILES string of the molecule is COc1ccc([N+](=O)[O-])cc1NC(=S)N[C@@H](NC(=O)CCl)C(Cl)(Cl)Cl. The number of nitrogens with zero attached hydrogens (tertiary/aromatic N) is 1. The van der Waals surface area contributed by atoms with Gasteiger partial charge in [0.1, 0.15) is 17.8 Å². The van der Waals surface area contributed by atoms with Crippen molar-refractivity contribution in [1.82, 2.24) is 10.6 Å². The van der Waals surface area contributed by atoms with Gasteiger partial charge in [-0.25, -0.2) is 0 Å². The zero-order valence-electron chi connectivity index (χ0n) is 12.5. The van der Waals surface area contributed by atoms with Crippen molar-refractivity contribution in [3.05, 3.63) is 28.3 Å². The fourth-order valence-corrected chi connectivity index (χ4v) is 2.23. The van der Waals surface area contributed by atoms with E-state index in [9.17, 15) is 14.9 Å². The Balaban J connectivity index is 2.94. The van der Waals surface area contributed by atoms with Crippen molar-refractivity contribution in [3.63, 3.8) is 0 Å². The van der Waals surface area contributed by atoms with Crippen LogP contribution in [0.1, 0.15) is 0 Å². The second-order valence-electron chi connectivity index (χ2n) is 4.42. The van der Waals surface area contributed by atoms with Crippen LogP contribution in [0.25, 0.3) is 0 Å². The number of amides is 1. The number of benzene rings is 1. The lowest BCUT2D eigenvalue weighted by molar-refractivity contribution is -0.384. The maximum absolute atomic E-state index is 11.4. The van der Waals surface area contributed by atoms with E-state index in [1.807, 2.05) is 0 Å². The van der Waals surface area contributed by atoms with Crippen LogP contribution in [0.15, 0.2) is 18.2 Å². The summed E-state index contributed by atoms with van der Waals surface area (Å²) in [5.41, 5.74) is 0.0282. The minimum atomic E-state index is -1.94. The van der Waals surface area contributed by atoms with Gasteiger partial charge in [-0.1, -0.05) is 34.8 Å². The first-order valence-corrected chi connectivity index (χ1v) is 8.48. The Labute approximate surface area is 168 Å². The number of carbonyl (C=O) groups excluding carboxylic acids is 1. The molecule has 0 aliphatic heterocycles. The molecule has 3 N–H and O–H groups in total. The van der Waals surface area contributed by atoms with E-state index in [0.29, 0.717) is 5.75 Å². The van der Waals surface area contributed by atoms with Crippen molar-refractivity contribution in [2.75, 3.05) is 18.3 Å². The average Bonchev–Trinajstić information content (AvgIpc) is 2.52. The van der Waals surface area contributed by atoms with Crippen molar-refractivity contribution < 1.29 is 14.5 Å². The molecule has 0 heterocycles. The number of nitro groups is 1. The van der Waals surface area contributed by atoms with E-state index < -0.39 is 20.8 Å². The number of nitro benzene ring substituents is 1. The van der Waals surface area contributed by atoms with Crippen molar-refractivity contribution in [3.8, 4) is 5.75 Å². The summed E-state index contributed by atoms with van der Waals surface area (Å²) in [5, 5.41) is 18.4. The third-order valence-electron chi connectivity index (χ3n) is 2.67. The fraction of sp³-hybridized carbons (Fsp3) is 0.333. The first-order valence-electron chi connectivity index (χ1n) is 6.40. The standard InChI is InChI=1S/C12H12Cl4N4O4S/c1-24-8-3-2-6(20(22)23)4-7(8)17-11(25)19-10(12(14,15)16)18-9(21)5-13/h2-4,10H,5H2,1H3,(H,18,21)(H2,17,19,25)/t10-/m1/s1. The smallest absolute Gasteiger partial charge is 0.271 e. The van der Waals surface area contributed by atoms with E-state index in [-0.39, 0.29) is 22.4 Å². The van der Waals surface area contributed by atoms with Crippen molar-refractivity contribution in [2.24, 2.45) is 0 Å². The molecule has 0 saturated heterocycles. The predicted octanol–water partition coefficient (Wildman–Crippen LogP) is 2.94. The molecule has 1 amide bonds. The highest BCUT2D eigenvalue weighted by Gasteiger charge is 2.34. The summed E-state index contributed by atoms with van der Waals surface area (Å²) in [7, 11) is 1.38. The first-order chi connectivity index (χ1) is 11.6. The topological polar surface area (TPSA) is 106 Å². The van der Waals surface area contributed by atoms with Crippen molar-refractivity contribution >= 4 is 81.0 Å². The van der Waals surface area contributed by atoms with Crippen LogP contribution in [0.2, 0.25) is 0 Å². The summed E-state index contributed by atoms with van der Waals surface area (Å²) in [6, 6.07) is 3.88. The molecule has 0 radical (unpaired) electrons. The van der Waals surface area contributed by atoms with Crippen molar-refractivity contribution in [1.29, 1.82) is 0 Å². The zero-order chi connectivity index (χ0) is 19.2. The minimum absolute atomic E-state index is 0.0787. The van der Waals surface area contributed by atoms with Crippen LogP contribution in [0.5, 0.6) is 5.75 Å². The Bertz CT molecular complexity index is 671. The second kappa shape index (κ2) is 9.44. The molecule has 0 aliphatic rings. The average molecular weight is 450 g/mol. The number of alkyl halides is 4. The molecule has 0 aliphatic carbocycles. The van der Waals surface area contributed by atoms with Crippen LogP contribution in [-0.4, -0.2) is 38.9 Å². The van der Waals surface area contributed by atoms with E-state index >= 15 is 0 Å². The van der Waals surface area contributed by atoms with Gasteiger partial charge < -0.3 is 20.7 Å². The third kappa shape index (κ3) is 6.87. The third-order valence-corrected chi connectivity index (χ3v) is 3.79. The highest BCUT2D eigenvalue weighted by molar-refractivity contribution is 7.80. The summed E-state index contributed by atoms with van der Waals surface area (Å²) in [6.45, 7) is 0. The Morgan fingerprint density at radius 2 is 2.04 bits per heavy atom. The Morgan fingerprint density at radius 1 is 1.40 bits per heavy atom. The van der Waals surface area contributed by atoms with Gasteiger partial charge in [0.15, 0.2) is 5.11 Å². The number of hydrogen-bond donors (Lipinski definition) is 3. The molecule has 138 valence electrons. The molecule has 8 nitrogen and oxygen atoms in total. The van der Waals surface area contributed by atoms with Crippen LogP contribution in [0, 0.1) is 10.1 Å². The van der Waals surface area contributed by atoms with Gasteiger partial charge in [-0.05, 0) is 18.3 Å². The van der Waals surface area contributed by atoms with Crippen LogP contribution in [0.3, 0.4) is 0 Å². The number of halogens is 4. The normalized spacial score (nSPS) is 12.0. The molecular weight excluding hydrogens is 438 g/mol. The van der Waals surface area contributed by atoms with Gasteiger partial charge >= 0.3 is 0 Å². The molecule has 1 rings (SSSR count). The van der Waals surface area contributed by atoms with Gasteiger partial charge in [0.05, 0.1) is 17.7 Å². The van der Waals surface area contributed by atoms with Gasteiger partial charge in [-0.2, -0.15) is 0 Å². The highest BCUT2D eigenvalue weighted by atomic mass is 35.6. The van der Waals surface area contributed by atoms with Crippen LogP contribution in [0.4, 0.5) is 11.4 Å². The van der Waals surface area contributed by atoms with Crippen LogP contribution >= 0.6 is 58.6 Å². The van der Waals surface area contributed by atoms with Gasteiger partial charge in [0.25, 0.3) is 5.69 Å². The summed E-state index contributed by atoms with van der Waals surface area (Å²) < 4.78 is 3.15. The lowest BCUT2D eigenvalue weighted by Crippen LogP contribution is -2.56. The van der Waals surface area contributed by atoms with Gasteiger partial charge in [-0.3, -0.25) is 14.9 Å². The number of hydrogen-bond acceptors (Lipinski definition) is 5. The number of non-ortho nitro benzene ring substituents is 1. The number of anilines is 1. The Kier molecular flexibility index (Phi) is 8.23. The Morgan fingerprint density at radius 3 is 2.52 bits per heavy atom. The summed E-state index contributed by atoms with van der Waals surface area (Å²) in [5.74, 6) is -0.649. The summed E-state index contributed by atoms with van der Waals surface area (Å²) >= 11 is 27.8. The minimum Gasteiger partial charge on any atom is -0.495 e. The molecule has 0 saturated carbocycles. The van der Waals surface area contributed by atoms with Gasteiger partial charge in [-0.15, -0.1) is 11.6 Å². The van der Waals surface area contributed by atoms with E-state index in [2.05, 4.69) is 16.0 Å². The largest absolute Gasteiger partial charge is 0.495 e. The molecular formula is C12H12Cl4N4O4S. The van der Waals surface area contributed by atoms with E-state index in [1.54, 1.807) is 0 Å².